The van der Waals surface area contributed by atoms with Crippen LogP contribution >= 0.6 is 11.6 Å². The maximum absolute atomic E-state index is 13.9. The number of halogens is 2. The van der Waals surface area contributed by atoms with E-state index in [-0.39, 0.29) is 17.8 Å². The van der Waals surface area contributed by atoms with E-state index in [0.717, 1.165) is 30.8 Å². The predicted octanol–water partition coefficient (Wildman–Crippen LogP) is 4.02. The van der Waals surface area contributed by atoms with Crippen LogP contribution in [0.3, 0.4) is 0 Å². The van der Waals surface area contributed by atoms with Crippen molar-refractivity contribution in [2.24, 2.45) is 0 Å². The minimum absolute atomic E-state index is 0.0455. The molecule has 6 heteroatoms. The highest BCUT2D eigenvalue weighted by atomic mass is 35.5. The van der Waals surface area contributed by atoms with Crippen molar-refractivity contribution in [2.45, 2.75) is 39.1 Å². The van der Waals surface area contributed by atoms with Gasteiger partial charge in [0, 0.05) is 31.2 Å². The zero-order valence-corrected chi connectivity index (χ0v) is 16.3. The minimum Gasteiger partial charge on any atom is -0.373 e. The molecule has 2 unspecified atom stereocenters. The Labute approximate surface area is 164 Å². The van der Waals surface area contributed by atoms with Gasteiger partial charge in [-0.05, 0) is 43.2 Å². The largest absolute Gasteiger partial charge is 0.373 e. The maximum Gasteiger partial charge on any atom is 0.254 e. The number of rotatable bonds is 5. The van der Waals surface area contributed by atoms with Crippen LogP contribution in [0.4, 0.5) is 4.39 Å². The third-order valence-corrected chi connectivity index (χ3v) is 4.86. The molecular formula is C21H24ClFN2O2. The van der Waals surface area contributed by atoms with Gasteiger partial charge in [-0.15, -0.1) is 0 Å². The minimum atomic E-state index is -0.582. The number of benzene rings is 2. The summed E-state index contributed by atoms with van der Waals surface area (Å²) in [6, 6.07) is 11.9. The number of hydrogen-bond acceptors (Lipinski definition) is 3. The molecule has 1 aliphatic rings. The SMILES string of the molecule is CC1CN(Cc2ccccc2CNC(=O)c2cc(Cl)ccc2F)CC(C)O1. The molecule has 27 heavy (non-hydrogen) atoms. The van der Waals surface area contributed by atoms with Crippen LogP contribution < -0.4 is 5.32 Å². The average molecular weight is 391 g/mol. The average Bonchev–Trinajstić information content (AvgIpc) is 2.62. The lowest BCUT2D eigenvalue weighted by Crippen LogP contribution is -2.45. The third-order valence-electron chi connectivity index (χ3n) is 4.62. The van der Waals surface area contributed by atoms with Crippen LogP contribution in [0.25, 0.3) is 0 Å². The number of nitrogens with one attached hydrogen (secondary N) is 1. The highest BCUT2D eigenvalue weighted by Crippen LogP contribution is 2.18. The van der Waals surface area contributed by atoms with Crippen LogP contribution in [-0.2, 0) is 17.8 Å². The van der Waals surface area contributed by atoms with Crippen LogP contribution in [0.15, 0.2) is 42.5 Å². The standard InChI is InChI=1S/C21H24ClFN2O2/c1-14-11-25(12-15(2)27-14)13-17-6-4-3-5-16(17)10-24-21(26)19-9-18(22)7-8-20(19)23/h3-9,14-15H,10-13H2,1-2H3,(H,24,26). The zero-order valence-electron chi connectivity index (χ0n) is 15.5. The predicted molar refractivity (Wildman–Crippen MR) is 104 cm³/mol. The fraction of sp³-hybridized carbons (Fsp3) is 0.381. The summed E-state index contributed by atoms with van der Waals surface area (Å²) < 4.78 is 19.7. The van der Waals surface area contributed by atoms with E-state index in [1.54, 1.807) is 0 Å². The first-order valence-electron chi connectivity index (χ1n) is 9.10. The molecular weight excluding hydrogens is 367 g/mol. The quantitative estimate of drug-likeness (QED) is 0.838. The summed E-state index contributed by atoms with van der Waals surface area (Å²) in [5.74, 6) is -1.06. The molecule has 2 atom stereocenters. The molecule has 1 aliphatic heterocycles. The van der Waals surface area contributed by atoms with Crippen LogP contribution in [0, 0.1) is 5.82 Å². The normalized spacial score (nSPS) is 20.4. The summed E-state index contributed by atoms with van der Waals surface area (Å²) >= 11 is 5.87. The van der Waals surface area contributed by atoms with Gasteiger partial charge in [0.05, 0.1) is 17.8 Å². The molecule has 2 aromatic carbocycles. The van der Waals surface area contributed by atoms with Gasteiger partial charge in [0.25, 0.3) is 5.91 Å². The number of morpholine rings is 1. The van der Waals surface area contributed by atoms with Gasteiger partial charge in [0.1, 0.15) is 5.82 Å². The van der Waals surface area contributed by atoms with Gasteiger partial charge in [0.15, 0.2) is 0 Å². The molecule has 1 N–H and O–H groups in total. The lowest BCUT2D eigenvalue weighted by atomic mass is 10.1. The molecule has 4 nitrogen and oxygen atoms in total. The number of hydrogen-bond donors (Lipinski definition) is 1. The first-order valence-corrected chi connectivity index (χ1v) is 9.48. The molecule has 1 fully saturated rings. The van der Waals surface area contributed by atoms with Crippen molar-refractivity contribution in [1.82, 2.24) is 10.2 Å². The van der Waals surface area contributed by atoms with Crippen molar-refractivity contribution in [3.8, 4) is 0 Å². The first-order chi connectivity index (χ1) is 12.9. The number of carbonyl (C=O) groups excluding carboxylic acids is 1. The second-order valence-electron chi connectivity index (χ2n) is 7.03. The van der Waals surface area contributed by atoms with Crippen molar-refractivity contribution in [2.75, 3.05) is 13.1 Å². The number of carbonyl (C=O) groups is 1. The zero-order chi connectivity index (χ0) is 19.4. The Morgan fingerprint density at radius 3 is 2.56 bits per heavy atom. The lowest BCUT2D eigenvalue weighted by Gasteiger charge is -2.35. The Kier molecular flexibility index (Phi) is 6.47. The van der Waals surface area contributed by atoms with E-state index in [1.807, 2.05) is 18.2 Å². The molecule has 1 saturated heterocycles. The van der Waals surface area contributed by atoms with E-state index < -0.39 is 11.7 Å². The number of nitrogens with zero attached hydrogens (tertiary/aromatic N) is 1. The summed E-state index contributed by atoms with van der Waals surface area (Å²) in [4.78, 5) is 14.7. The van der Waals surface area contributed by atoms with Gasteiger partial charge in [-0.25, -0.2) is 4.39 Å². The molecule has 0 bridgehead atoms. The molecule has 144 valence electrons. The summed E-state index contributed by atoms with van der Waals surface area (Å²) in [5, 5.41) is 3.13. The van der Waals surface area contributed by atoms with Gasteiger partial charge in [-0.1, -0.05) is 35.9 Å². The van der Waals surface area contributed by atoms with Gasteiger partial charge in [0.2, 0.25) is 0 Å². The monoisotopic (exact) mass is 390 g/mol. The van der Waals surface area contributed by atoms with E-state index in [4.69, 9.17) is 16.3 Å². The molecule has 2 aromatic rings. The smallest absolute Gasteiger partial charge is 0.254 e. The van der Waals surface area contributed by atoms with E-state index in [0.29, 0.717) is 11.6 Å². The lowest BCUT2D eigenvalue weighted by molar-refractivity contribution is -0.0705. The van der Waals surface area contributed by atoms with Crippen LogP contribution in [0.5, 0.6) is 0 Å². The van der Waals surface area contributed by atoms with E-state index in [9.17, 15) is 9.18 Å². The van der Waals surface area contributed by atoms with Crippen molar-refractivity contribution in [3.05, 3.63) is 70.0 Å². The van der Waals surface area contributed by atoms with Crippen LogP contribution in [-0.4, -0.2) is 36.1 Å². The summed E-state index contributed by atoms with van der Waals surface area (Å²) in [6.45, 7) is 7.02. The first kappa shape index (κ1) is 19.8. The molecule has 3 rings (SSSR count). The molecule has 0 aliphatic carbocycles. The van der Waals surface area contributed by atoms with Crippen LogP contribution in [0.2, 0.25) is 5.02 Å². The van der Waals surface area contributed by atoms with Gasteiger partial charge >= 0.3 is 0 Å². The molecule has 0 saturated carbocycles. The Bertz CT molecular complexity index is 805. The highest BCUT2D eigenvalue weighted by Gasteiger charge is 2.22. The van der Waals surface area contributed by atoms with Crippen molar-refractivity contribution in [3.63, 3.8) is 0 Å². The summed E-state index contributed by atoms with van der Waals surface area (Å²) in [5.41, 5.74) is 2.11. The van der Waals surface area contributed by atoms with E-state index in [2.05, 4.69) is 30.1 Å². The Hall–Kier alpha value is -1.95. The second kappa shape index (κ2) is 8.83. The number of ether oxygens (including phenoxy) is 1. The summed E-state index contributed by atoms with van der Waals surface area (Å²) in [7, 11) is 0. The fourth-order valence-corrected chi connectivity index (χ4v) is 3.65. The van der Waals surface area contributed by atoms with E-state index >= 15 is 0 Å². The Morgan fingerprint density at radius 1 is 1.19 bits per heavy atom. The van der Waals surface area contributed by atoms with Gasteiger partial charge in [-0.2, -0.15) is 0 Å². The van der Waals surface area contributed by atoms with Crippen molar-refractivity contribution < 1.29 is 13.9 Å². The Balaban J connectivity index is 1.67. The van der Waals surface area contributed by atoms with Gasteiger partial charge < -0.3 is 10.1 Å². The summed E-state index contributed by atoms with van der Waals surface area (Å²) in [6.07, 6.45) is 0.401. The topological polar surface area (TPSA) is 41.6 Å². The molecule has 0 aromatic heterocycles. The van der Waals surface area contributed by atoms with Crippen molar-refractivity contribution in [1.29, 1.82) is 0 Å². The van der Waals surface area contributed by atoms with Crippen molar-refractivity contribution >= 4 is 17.5 Å². The fourth-order valence-electron chi connectivity index (χ4n) is 3.48. The molecule has 1 heterocycles. The van der Waals surface area contributed by atoms with Gasteiger partial charge in [-0.3, -0.25) is 9.69 Å². The van der Waals surface area contributed by atoms with Crippen LogP contribution in [0.1, 0.15) is 35.3 Å². The second-order valence-corrected chi connectivity index (χ2v) is 7.46. The Morgan fingerprint density at radius 2 is 1.85 bits per heavy atom. The number of amides is 1. The molecule has 0 radical (unpaired) electrons. The molecule has 0 spiro atoms. The van der Waals surface area contributed by atoms with E-state index in [1.165, 1.54) is 18.2 Å². The maximum atomic E-state index is 13.9. The third kappa shape index (κ3) is 5.28. The molecule has 1 amide bonds. The highest BCUT2D eigenvalue weighted by molar-refractivity contribution is 6.31.